The van der Waals surface area contributed by atoms with Crippen LogP contribution in [0, 0.1) is 0 Å². The van der Waals surface area contributed by atoms with E-state index >= 15 is 0 Å². The van der Waals surface area contributed by atoms with Crippen LogP contribution in [0.4, 0.5) is 0 Å². The minimum Gasteiger partial charge on any atom is -0.326 e. The van der Waals surface area contributed by atoms with E-state index < -0.39 is 0 Å². The summed E-state index contributed by atoms with van der Waals surface area (Å²) in [4.78, 5) is 0. The number of hydrogen-bond donors (Lipinski definition) is 4. The topological polar surface area (TPSA) is 104 Å². The largest absolute Gasteiger partial charge is 0.326 e. The van der Waals surface area contributed by atoms with E-state index in [0.717, 1.165) is 33.4 Å². The second-order valence-electron chi connectivity index (χ2n) is 4.85. The monoisotopic (exact) mass is 270 g/mol. The molecule has 2 aromatic rings. The van der Waals surface area contributed by atoms with Crippen molar-refractivity contribution in [2.75, 3.05) is 0 Å². The molecule has 0 aliphatic carbocycles. The van der Waals surface area contributed by atoms with Gasteiger partial charge >= 0.3 is 0 Å². The summed E-state index contributed by atoms with van der Waals surface area (Å²) in [5.74, 6) is 0. The molecule has 0 aliphatic heterocycles. The number of rotatable bonds is 5. The molecule has 0 saturated heterocycles. The molecule has 0 saturated carbocycles. The molecule has 8 N–H and O–H groups in total. The van der Waals surface area contributed by atoms with Crippen LogP contribution >= 0.6 is 0 Å². The first-order valence-corrected chi connectivity index (χ1v) is 6.77. The Morgan fingerprint density at radius 1 is 0.600 bits per heavy atom. The lowest BCUT2D eigenvalue weighted by Crippen LogP contribution is -2.05. The lowest BCUT2D eigenvalue weighted by molar-refractivity contribution is 1.02. The van der Waals surface area contributed by atoms with Crippen LogP contribution in [-0.4, -0.2) is 0 Å². The van der Waals surface area contributed by atoms with E-state index in [1.807, 2.05) is 18.2 Å². The molecule has 2 aromatic carbocycles. The Morgan fingerprint density at radius 3 is 1.70 bits per heavy atom. The molecule has 0 spiro atoms. The molecule has 0 amide bonds. The minimum atomic E-state index is 0.491. The Morgan fingerprint density at radius 2 is 1.20 bits per heavy atom. The summed E-state index contributed by atoms with van der Waals surface area (Å²) in [6.45, 7) is 1.99. The zero-order valence-electron chi connectivity index (χ0n) is 11.6. The average Bonchev–Trinajstić information content (AvgIpc) is 2.53. The second kappa shape index (κ2) is 6.63. The molecular formula is C16H22N4. The van der Waals surface area contributed by atoms with Crippen LogP contribution in [0.15, 0.2) is 36.4 Å². The van der Waals surface area contributed by atoms with Crippen molar-refractivity contribution in [2.24, 2.45) is 22.9 Å². The van der Waals surface area contributed by atoms with Crippen LogP contribution in [0.1, 0.15) is 22.3 Å². The number of nitrogens with two attached hydrogens (primary N) is 4. The van der Waals surface area contributed by atoms with Gasteiger partial charge in [0.05, 0.1) is 0 Å². The first-order valence-electron chi connectivity index (χ1n) is 6.77. The fraction of sp³-hybridized carbons (Fsp3) is 0.250. The normalized spacial score (nSPS) is 10.8. The number of hydrogen-bond acceptors (Lipinski definition) is 4. The van der Waals surface area contributed by atoms with Crippen LogP contribution in [0.2, 0.25) is 0 Å². The van der Waals surface area contributed by atoms with Crippen LogP contribution in [-0.2, 0) is 26.2 Å². The predicted octanol–water partition coefficient (Wildman–Crippen LogP) is 1.19. The molecule has 0 aromatic heterocycles. The van der Waals surface area contributed by atoms with Gasteiger partial charge in [0.1, 0.15) is 0 Å². The summed E-state index contributed by atoms with van der Waals surface area (Å²) in [7, 11) is 0. The summed E-state index contributed by atoms with van der Waals surface area (Å²) >= 11 is 0. The standard InChI is InChI=1S/C16H22N4/c17-7-11-1-2-14(10-20)16(6-11)15-4-12(8-18)3-13(5-15)9-19/h1-6H,7-10,17-20H2. The van der Waals surface area contributed by atoms with Gasteiger partial charge in [0.25, 0.3) is 0 Å². The van der Waals surface area contributed by atoms with E-state index in [-0.39, 0.29) is 0 Å². The SMILES string of the molecule is NCc1cc(CN)cc(-c2cc(CN)ccc2CN)c1. The van der Waals surface area contributed by atoms with E-state index in [4.69, 9.17) is 22.9 Å². The molecule has 20 heavy (non-hydrogen) atoms. The van der Waals surface area contributed by atoms with Crippen molar-refractivity contribution in [3.8, 4) is 11.1 Å². The van der Waals surface area contributed by atoms with E-state index in [1.54, 1.807) is 0 Å². The predicted molar refractivity (Wildman–Crippen MR) is 83.4 cm³/mol. The van der Waals surface area contributed by atoms with Crippen molar-refractivity contribution in [3.63, 3.8) is 0 Å². The molecule has 4 nitrogen and oxygen atoms in total. The van der Waals surface area contributed by atoms with Gasteiger partial charge in [-0.2, -0.15) is 0 Å². The van der Waals surface area contributed by atoms with Crippen molar-refractivity contribution < 1.29 is 0 Å². The van der Waals surface area contributed by atoms with Crippen molar-refractivity contribution in [3.05, 3.63) is 58.7 Å². The van der Waals surface area contributed by atoms with E-state index in [0.29, 0.717) is 26.2 Å². The number of benzene rings is 2. The highest BCUT2D eigenvalue weighted by atomic mass is 14.5. The molecule has 0 unspecified atom stereocenters. The highest BCUT2D eigenvalue weighted by Gasteiger charge is 2.08. The first kappa shape index (κ1) is 14.7. The Balaban J connectivity index is 2.59. The minimum absolute atomic E-state index is 0.491. The third-order valence-corrected chi connectivity index (χ3v) is 3.46. The molecule has 0 bridgehead atoms. The summed E-state index contributed by atoms with van der Waals surface area (Å²) < 4.78 is 0. The highest BCUT2D eigenvalue weighted by Crippen LogP contribution is 2.27. The zero-order chi connectivity index (χ0) is 14.5. The van der Waals surface area contributed by atoms with Crippen LogP contribution in [0.3, 0.4) is 0 Å². The Labute approximate surface area is 119 Å². The molecule has 0 aliphatic rings. The molecule has 0 heterocycles. The van der Waals surface area contributed by atoms with Crippen LogP contribution in [0.5, 0.6) is 0 Å². The maximum Gasteiger partial charge on any atom is 0.0184 e. The molecular weight excluding hydrogens is 248 g/mol. The summed E-state index contributed by atoms with van der Waals surface area (Å²) in [5, 5.41) is 0. The van der Waals surface area contributed by atoms with Crippen LogP contribution in [0.25, 0.3) is 11.1 Å². The third kappa shape index (κ3) is 3.05. The molecule has 0 radical (unpaired) electrons. The fourth-order valence-electron chi connectivity index (χ4n) is 2.35. The van der Waals surface area contributed by atoms with Crippen molar-refractivity contribution >= 4 is 0 Å². The maximum atomic E-state index is 5.84. The lowest BCUT2D eigenvalue weighted by Gasteiger charge is -2.13. The molecule has 0 atom stereocenters. The molecule has 4 heteroatoms. The second-order valence-corrected chi connectivity index (χ2v) is 4.85. The van der Waals surface area contributed by atoms with Gasteiger partial charge in [-0.3, -0.25) is 0 Å². The van der Waals surface area contributed by atoms with Crippen LogP contribution < -0.4 is 22.9 Å². The third-order valence-electron chi connectivity index (χ3n) is 3.46. The Hall–Kier alpha value is -1.72. The summed E-state index contributed by atoms with van der Waals surface area (Å²) in [6, 6.07) is 12.4. The average molecular weight is 270 g/mol. The van der Waals surface area contributed by atoms with Gasteiger partial charge in [-0.1, -0.05) is 18.2 Å². The van der Waals surface area contributed by atoms with E-state index in [1.165, 1.54) is 0 Å². The lowest BCUT2D eigenvalue weighted by atomic mass is 9.94. The van der Waals surface area contributed by atoms with Crippen molar-refractivity contribution in [2.45, 2.75) is 26.2 Å². The van der Waals surface area contributed by atoms with Gasteiger partial charge in [-0.15, -0.1) is 0 Å². The summed E-state index contributed by atoms with van der Waals surface area (Å²) in [6.07, 6.45) is 0. The van der Waals surface area contributed by atoms with Crippen molar-refractivity contribution in [1.82, 2.24) is 0 Å². The molecule has 2 rings (SSSR count). The van der Waals surface area contributed by atoms with Gasteiger partial charge in [-0.25, -0.2) is 0 Å². The quantitative estimate of drug-likeness (QED) is 0.655. The van der Waals surface area contributed by atoms with Gasteiger partial charge in [-0.05, 0) is 51.6 Å². The zero-order valence-corrected chi connectivity index (χ0v) is 11.6. The van der Waals surface area contributed by atoms with Gasteiger partial charge in [0.2, 0.25) is 0 Å². The van der Waals surface area contributed by atoms with E-state index in [2.05, 4.69) is 18.2 Å². The molecule has 106 valence electrons. The smallest absolute Gasteiger partial charge is 0.0184 e. The first-order chi connectivity index (χ1) is 9.71. The Bertz CT molecular complexity index is 571. The van der Waals surface area contributed by atoms with Crippen molar-refractivity contribution in [1.29, 1.82) is 0 Å². The van der Waals surface area contributed by atoms with Gasteiger partial charge in [0.15, 0.2) is 0 Å². The van der Waals surface area contributed by atoms with Gasteiger partial charge in [0, 0.05) is 26.2 Å². The van der Waals surface area contributed by atoms with Gasteiger partial charge < -0.3 is 22.9 Å². The molecule has 0 fully saturated rings. The summed E-state index contributed by atoms with van der Waals surface area (Å²) in [5.41, 5.74) is 29.6. The fourth-order valence-corrected chi connectivity index (χ4v) is 2.35. The maximum absolute atomic E-state index is 5.84. The highest BCUT2D eigenvalue weighted by molar-refractivity contribution is 5.69. The van der Waals surface area contributed by atoms with E-state index in [9.17, 15) is 0 Å². The Kier molecular flexibility index (Phi) is 4.87.